The van der Waals surface area contributed by atoms with Crippen molar-refractivity contribution in [2.75, 3.05) is 6.54 Å². The molecule has 0 aromatic heterocycles. The number of amides is 1. The maximum absolute atomic E-state index is 11.7. The van der Waals surface area contributed by atoms with E-state index in [4.69, 9.17) is 5.11 Å². The normalized spacial score (nSPS) is 37.8. The smallest absolute Gasteiger partial charge is 0.352 e. The molecule has 3 heterocycles. The van der Waals surface area contributed by atoms with Crippen molar-refractivity contribution < 1.29 is 14.7 Å². The van der Waals surface area contributed by atoms with Gasteiger partial charge in [-0.2, -0.15) is 0 Å². The van der Waals surface area contributed by atoms with Gasteiger partial charge in [-0.3, -0.25) is 9.69 Å². The van der Waals surface area contributed by atoms with Crippen LogP contribution in [0.5, 0.6) is 0 Å². The summed E-state index contributed by atoms with van der Waals surface area (Å²) < 4.78 is 0. The number of β-lactam (4-membered cyclic amide) rings is 1. The number of carboxylic acid groups (broad SMARTS) is 1. The third kappa shape index (κ3) is 0.866. The van der Waals surface area contributed by atoms with Crippen LogP contribution in [0.1, 0.15) is 13.3 Å². The molecule has 2 N–H and O–H groups in total. The summed E-state index contributed by atoms with van der Waals surface area (Å²) in [6, 6.07) is -0.0760. The molecule has 3 rings (SSSR count). The molecular formula is C10H12N2O3. The Morgan fingerprint density at radius 3 is 3.00 bits per heavy atom. The maximum atomic E-state index is 11.7. The summed E-state index contributed by atoms with van der Waals surface area (Å²) >= 11 is 0. The van der Waals surface area contributed by atoms with E-state index in [1.54, 1.807) is 0 Å². The van der Waals surface area contributed by atoms with Crippen LogP contribution < -0.4 is 5.32 Å². The van der Waals surface area contributed by atoms with Crippen LogP contribution in [0.15, 0.2) is 11.3 Å². The predicted octanol–water partition coefficient (Wildman–Crippen LogP) is -0.452. The van der Waals surface area contributed by atoms with Gasteiger partial charge in [0.2, 0.25) is 5.91 Å². The standard InChI is InChI=1S/C10H12N2O3/c1-4-5-2-3-11-6-8(5)12(9(6)13)7(4)10(14)15/h5-6,8,11H,2-3H2,1H3,(H,14,15)/t5?,6-,8+/m0/s1. The lowest BCUT2D eigenvalue weighted by Gasteiger charge is -2.48. The van der Waals surface area contributed by atoms with Crippen LogP contribution in [0.4, 0.5) is 0 Å². The average molecular weight is 208 g/mol. The molecule has 0 aromatic carbocycles. The molecule has 2 saturated heterocycles. The van der Waals surface area contributed by atoms with Gasteiger partial charge < -0.3 is 10.4 Å². The highest BCUT2D eigenvalue weighted by atomic mass is 16.4. The fourth-order valence-electron chi connectivity index (χ4n) is 3.06. The van der Waals surface area contributed by atoms with Gasteiger partial charge >= 0.3 is 5.97 Å². The number of carbonyl (C=O) groups is 2. The highest BCUT2D eigenvalue weighted by Crippen LogP contribution is 2.45. The molecule has 3 aliphatic heterocycles. The van der Waals surface area contributed by atoms with Gasteiger partial charge in [0.05, 0.1) is 6.04 Å². The Morgan fingerprint density at radius 2 is 2.33 bits per heavy atom. The number of rotatable bonds is 1. The molecule has 0 bridgehead atoms. The zero-order chi connectivity index (χ0) is 10.7. The Hall–Kier alpha value is -1.36. The van der Waals surface area contributed by atoms with E-state index < -0.39 is 5.97 Å². The summed E-state index contributed by atoms with van der Waals surface area (Å²) in [7, 11) is 0. The molecule has 1 amide bonds. The summed E-state index contributed by atoms with van der Waals surface area (Å²) in [5, 5.41) is 12.2. The Kier molecular flexibility index (Phi) is 1.55. The molecule has 0 spiro atoms. The van der Waals surface area contributed by atoms with E-state index in [1.807, 2.05) is 6.92 Å². The monoisotopic (exact) mass is 208 g/mol. The fourth-order valence-corrected chi connectivity index (χ4v) is 3.06. The van der Waals surface area contributed by atoms with Crippen molar-refractivity contribution in [1.29, 1.82) is 0 Å². The average Bonchev–Trinajstić information content (AvgIpc) is 2.51. The number of hydrogen-bond acceptors (Lipinski definition) is 3. The van der Waals surface area contributed by atoms with Crippen molar-refractivity contribution in [2.24, 2.45) is 5.92 Å². The first-order valence-electron chi connectivity index (χ1n) is 5.13. The molecule has 2 fully saturated rings. The molecule has 0 aliphatic carbocycles. The summed E-state index contributed by atoms with van der Waals surface area (Å²) in [4.78, 5) is 24.2. The number of carbonyl (C=O) groups excluding carboxylic acids is 1. The van der Waals surface area contributed by atoms with Crippen LogP contribution in [-0.2, 0) is 9.59 Å². The van der Waals surface area contributed by atoms with Crippen molar-refractivity contribution in [3.8, 4) is 0 Å². The molecule has 0 saturated carbocycles. The minimum atomic E-state index is -0.978. The van der Waals surface area contributed by atoms with Gasteiger partial charge in [0, 0.05) is 5.92 Å². The summed E-state index contributed by atoms with van der Waals surface area (Å²) in [6.45, 7) is 2.64. The second kappa shape index (κ2) is 2.61. The minimum Gasteiger partial charge on any atom is -0.477 e. The Morgan fingerprint density at radius 1 is 1.60 bits per heavy atom. The topological polar surface area (TPSA) is 69.6 Å². The quantitative estimate of drug-likeness (QED) is 0.572. The number of hydrogen-bond donors (Lipinski definition) is 2. The highest BCUT2D eigenvalue weighted by Gasteiger charge is 2.59. The molecule has 5 nitrogen and oxygen atoms in total. The zero-order valence-electron chi connectivity index (χ0n) is 8.36. The lowest BCUT2D eigenvalue weighted by Crippen LogP contribution is -2.71. The van der Waals surface area contributed by atoms with E-state index in [9.17, 15) is 9.59 Å². The van der Waals surface area contributed by atoms with Crippen molar-refractivity contribution in [1.82, 2.24) is 10.2 Å². The van der Waals surface area contributed by atoms with Gasteiger partial charge in [0.25, 0.3) is 0 Å². The number of nitrogens with one attached hydrogen (secondary N) is 1. The first kappa shape index (κ1) is 8.91. The fraction of sp³-hybridized carbons (Fsp3) is 0.600. The molecule has 0 aromatic rings. The number of piperidine rings is 1. The molecular weight excluding hydrogens is 196 g/mol. The second-order valence-electron chi connectivity index (χ2n) is 4.36. The van der Waals surface area contributed by atoms with E-state index in [-0.39, 0.29) is 29.6 Å². The van der Waals surface area contributed by atoms with Gasteiger partial charge in [-0.1, -0.05) is 0 Å². The van der Waals surface area contributed by atoms with Gasteiger partial charge in [0.15, 0.2) is 0 Å². The van der Waals surface area contributed by atoms with Crippen LogP contribution >= 0.6 is 0 Å². The third-order valence-electron chi connectivity index (χ3n) is 3.75. The van der Waals surface area contributed by atoms with Gasteiger partial charge in [-0.25, -0.2) is 4.79 Å². The van der Waals surface area contributed by atoms with Crippen LogP contribution in [0, 0.1) is 5.92 Å². The highest BCUT2D eigenvalue weighted by molar-refractivity contribution is 6.01. The minimum absolute atomic E-state index is 0.0670. The number of aliphatic carboxylic acids is 1. The largest absolute Gasteiger partial charge is 0.477 e. The van der Waals surface area contributed by atoms with Crippen LogP contribution in [0.2, 0.25) is 0 Å². The molecule has 15 heavy (non-hydrogen) atoms. The first-order chi connectivity index (χ1) is 7.13. The Bertz CT molecular complexity index is 401. The number of nitrogens with zero attached hydrogens (tertiary/aromatic N) is 1. The molecule has 80 valence electrons. The van der Waals surface area contributed by atoms with Crippen LogP contribution in [0.3, 0.4) is 0 Å². The van der Waals surface area contributed by atoms with Crippen LogP contribution in [0.25, 0.3) is 0 Å². The van der Waals surface area contributed by atoms with E-state index in [0.717, 1.165) is 18.5 Å². The van der Waals surface area contributed by atoms with Crippen molar-refractivity contribution in [3.63, 3.8) is 0 Å². The summed E-state index contributed by atoms with van der Waals surface area (Å²) in [5.41, 5.74) is 1.08. The lowest BCUT2D eigenvalue weighted by molar-refractivity contribution is -0.154. The molecule has 1 unspecified atom stereocenters. The van der Waals surface area contributed by atoms with E-state index in [1.165, 1.54) is 4.90 Å². The van der Waals surface area contributed by atoms with Gasteiger partial charge in [0.1, 0.15) is 11.7 Å². The molecule has 0 radical (unpaired) electrons. The third-order valence-corrected chi connectivity index (χ3v) is 3.75. The van der Waals surface area contributed by atoms with Gasteiger partial charge in [-0.15, -0.1) is 0 Å². The van der Waals surface area contributed by atoms with Crippen molar-refractivity contribution in [2.45, 2.75) is 25.4 Å². The number of carboxylic acids is 1. The maximum Gasteiger partial charge on any atom is 0.352 e. The van der Waals surface area contributed by atoms with E-state index in [2.05, 4.69) is 5.32 Å². The predicted molar refractivity (Wildman–Crippen MR) is 50.9 cm³/mol. The first-order valence-corrected chi connectivity index (χ1v) is 5.13. The molecule has 3 aliphatic rings. The molecule has 5 heteroatoms. The van der Waals surface area contributed by atoms with Crippen LogP contribution in [-0.4, -0.2) is 40.5 Å². The van der Waals surface area contributed by atoms with E-state index in [0.29, 0.717) is 0 Å². The molecule has 3 atom stereocenters. The van der Waals surface area contributed by atoms with Gasteiger partial charge in [-0.05, 0) is 25.5 Å². The Labute approximate surface area is 86.7 Å². The van der Waals surface area contributed by atoms with Crippen molar-refractivity contribution >= 4 is 11.9 Å². The summed E-state index contributed by atoms with van der Waals surface area (Å²) in [6.07, 6.45) is 0.924. The van der Waals surface area contributed by atoms with Crippen molar-refractivity contribution in [3.05, 3.63) is 11.3 Å². The van der Waals surface area contributed by atoms with E-state index >= 15 is 0 Å². The summed E-state index contributed by atoms with van der Waals surface area (Å²) in [5.74, 6) is -0.812. The zero-order valence-corrected chi connectivity index (χ0v) is 8.36. The SMILES string of the molecule is CC1=C(C(=O)O)N2C(=O)[C@H]3NCCC1[C@H]32. The Balaban J connectivity index is 2.06. The lowest BCUT2D eigenvalue weighted by atomic mass is 9.80. The second-order valence-corrected chi connectivity index (χ2v) is 4.36.